The van der Waals surface area contributed by atoms with Crippen molar-refractivity contribution in [1.82, 2.24) is 4.98 Å². The predicted molar refractivity (Wildman–Crippen MR) is 146 cm³/mol. The molecule has 1 saturated heterocycles. The second-order valence-electron chi connectivity index (χ2n) is 7.79. The van der Waals surface area contributed by atoms with Gasteiger partial charge >= 0.3 is 5.91 Å². The Bertz CT molecular complexity index is 1500. The van der Waals surface area contributed by atoms with Gasteiger partial charge in [0.05, 0.1) is 28.4 Å². The lowest BCUT2D eigenvalue weighted by atomic mass is 9.95. The number of carbonyl (C=O) groups is 2. The van der Waals surface area contributed by atoms with Crippen molar-refractivity contribution in [2.24, 2.45) is 0 Å². The number of rotatable bonds is 5. The molecule has 1 atom stereocenters. The monoisotopic (exact) mass is 616 g/mol. The molecule has 176 valence electrons. The van der Waals surface area contributed by atoms with Gasteiger partial charge in [0.1, 0.15) is 11.5 Å². The predicted octanol–water partition coefficient (Wildman–Crippen LogP) is 6.58. The fourth-order valence-electron chi connectivity index (χ4n) is 4.03. The van der Waals surface area contributed by atoms with Gasteiger partial charge in [-0.3, -0.25) is 14.5 Å². The van der Waals surface area contributed by atoms with E-state index in [-0.39, 0.29) is 11.3 Å². The van der Waals surface area contributed by atoms with Gasteiger partial charge in [0.25, 0.3) is 5.78 Å². The van der Waals surface area contributed by atoms with Crippen LogP contribution in [0.15, 0.2) is 72.3 Å². The Morgan fingerprint density at radius 3 is 2.66 bits per heavy atom. The summed E-state index contributed by atoms with van der Waals surface area (Å²) in [5.74, 6) is -1.23. The molecule has 0 aliphatic carbocycles. The lowest BCUT2D eigenvalue weighted by Crippen LogP contribution is -2.29. The number of fused-ring (bicyclic) bond motifs is 1. The molecule has 3 aromatic carbocycles. The Kier molecular flexibility index (Phi) is 6.52. The van der Waals surface area contributed by atoms with Gasteiger partial charge in [-0.1, -0.05) is 47.2 Å². The maximum atomic E-state index is 13.4. The standard InChI is InChI=1S/C26H18ClIN2O4S/c1-2-34-18-5-3-4-15(12-18)23(31)21-22(14-6-9-17(28)10-7-14)30(25(33)24(21)32)26-29-19-11-8-16(27)13-20(19)35-26/h3-13,22,31H,2H2,1H3/b23-21+. The van der Waals surface area contributed by atoms with E-state index in [4.69, 9.17) is 16.3 Å². The van der Waals surface area contributed by atoms with Crippen LogP contribution in [-0.2, 0) is 9.59 Å². The molecule has 6 nitrogen and oxygen atoms in total. The smallest absolute Gasteiger partial charge is 0.301 e. The molecule has 1 amide bonds. The molecule has 1 aliphatic heterocycles. The van der Waals surface area contributed by atoms with E-state index in [9.17, 15) is 14.7 Å². The number of carbonyl (C=O) groups excluding carboxylic acids is 2. The maximum Gasteiger partial charge on any atom is 0.301 e. The number of aromatic nitrogens is 1. The molecule has 0 bridgehead atoms. The van der Waals surface area contributed by atoms with Crippen LogP contribution in [0, 0.1) is 3.57 Å². The van der Waals surface area contributed by atoms with Crippen molar-refractivity contribution >= 4 is 78.3 Å². The van der Waals surface area contributed by atoms with Crippen molar-refractivity contribution in [1.29, 1.82) is 0 Å². The quantitative estimate of drug-likeness (QED) is 0.119. The summed E-state index contributed by atoms with van der Waals surface area (Å²) in [6, 6.07) is 18.7. The Hall–Kier alpha value is -2.95. The highest BCUT2D eigenvalue weighted by molar-refractivity contribution is 14.1. The SMILES string of the molecule is CCOc1cccc(/C(O)=C2\C(=O)C(=O)N(c3nc4ccc(Cl)cc4s3)C2c2ccc(I)cc2)c1. The zero-order valence-electron chi connectivity index (χ0n) is 18.4. The van der Waals surface area contributed by atoms with Crippen LogP contribution in [-0.4, -0.2) is 28.4 Å². The number of hydrogen-bond donors (Lipinski definition) is 1. The third-order valence-electron chi connectivity index (χ3n) is 5.59. The van der Waals surface area contributed by atoms with Crippen LogP contribution in [0.3, 0.4) is 0 Å². The first-order valence-electron chi connectivity index (χ1n) is 10.7. The molecule has 2 heterocycles. The van der Waals surface area contributed by atoms with Crippen molar-refractivity contribution in [3.63, 3.8) is 0 Å². The van der Waals surface area contributed by atoms with Crippen LogP contribution in [0.2, 0.25) is 5.02 Å². The normalized spacial score (nSPS) is 17.3. The average Bonchev–Trinajstić information content (AvgIpc) is 3.37. The first kappa shape index (κ1) is 23.8. The summed E-state index contributed by atoms with van der Waals surface area (Å²) in [5.41, 5.74) is 1.74. The third kappa shape index (κ3) is 4.41. The second kappa shape index (κ2) is 9.60. The molecule has 1 aliphatic rings. The molecule has 4 aromatic rings. The van der Waals surface area contributed by atoms with Gasteiger partial charge in [0.15, 0.2) is 5.13 Å². The van der Waals surface area contributed by atoms with E-state index in [1.165, 1.54) is 16.2 Å². The number of amides is 1. The summed E-state index contributed by atoms with van der Waals surface area (Å²) in [6.45, 7) is 2.32. The number of ether oxygens (including phenoxy) is 1. The van der Waals surface area contributed by atoms with Gasteiger partial charge < -0.3 is 9.84 Å². The highest BCUT2D eigenvalue weighted by Crippen LogP contribution is 2.44. The summed E-state index contributed by atoms with van der Waals surface area (Å²) < 4.78 is 7.34. The van der Waals surface area contributed by atoms with Crippen LogP contribution in [0.5, 0.6) is 5.75 Å². The van der Waals surface area contributed by atoms with Gasteiger partial charge in [-0.05, 0) is 77.5 Å². The molecule has 1 fully saturated rings. The number of anilines is 1. The summed E-state index contributed by atoms with van der Waals surface area (Å²) in [5, 5.41) is 12.2. The second-order valence-corrected chi connectivity index (χ2v) is 10.5. The van der Waals surface area contributed by atoms with Crippen LogP contribution in [0.25, 0.3) is 16.0 Å². The van der Waals surface area contributed by atoms with Crippen LogP contribution < -0.4 is 9.64 Å². The molecule has 1 aromatic heterocycles. The largest absolute Gasteiger partial charge is 0.507 e. The average molecular weight is 617 g/mol. The Morgan fingerprint density at radius 1 is 1.14 bits per heavy atom. The number of hydrogen-bond acceptors (Lipinski definition) is 6. The Labute approximate surface area is 224 Å². The minimum absolute atomic E-state index is 0.00199. The van der Waals surface area contributed by atoms with E-state index in [0.717, 1.165) is 8.27 Å². The van der Waals surface area contributed by atoms with Gasteiger partial charge in [-0.15, -0.1) is 0 Å². The first-order valence-corrected chi connectivity index (χ1v) is 13.0. The van der Waals surface area contributed by atoms with Crippen LogP contribution >= 0.6 is 45.5 Å². The number of halogens is 2. The van der Waals surface area contributed by atoms with Gasteiger partial charge in [0, 0.05) is 14.2 Å². The Morgan fingerprint density at radius 2 is 1.91 bits per heavy atom. The molecule has 9 heteroatoms. The summed E-state index contributed by atoms with van der Waals surface area (Å²) >= 11 is 9.60. The van der Waals surface area contributed by atoms with Crippen LogP contribution in [0.1, 0.15) is 24.1 Å². The third-order valence-corrected chi connectivity index (χ3v) is 7.57. The number of ketones is 1. The topological polar surface area (TPSA) is 79.7 Å². The molecule has 1 N–H and O–H groups in total. The number of nitrogens with zero attached hydrogens (tertiary/aromatic N) is 2. The molecule has 5 rings (SSSR count). The van der Waals surface area contributed by atoms with Crippen molar-refractivity contribution in [3.05, 3.63) is 92.0 Å². The van der Waals surface area contributed by atoms with Crippen molar-refractivity contribution in [2.75, 3.05) is 11.5 Å². The molecular formula is C26H18ClIN2O4S. The molecule has 35 heavy (non-hydrogen) atoms. The molecule has 0 spiro atoms. The summed E-state index contributed by atoms with van der Waals surface area (Å²) in [4.78, 5) is 32.7. The van der Waals surface area contributed by atoms with E-state index >= 15 is 0 Å². The summed E-state index contributed by atoms with van der Waals surface area (Å²) in [6.07, 6.45) is 0. The van der Waals surface area contributed by atoms with Gasteiger partial charge in [0.2, 0.25) is 0 Å². The van der Waals surface area contributed by atoms with E-state index in [1.807, 2.05) is 31.2 Å². The number of aliphatic hydroxyl groups excluding tert-OH is 1. The molecular weight excluding hydrogens is 599 g/mol. The first-order chi connectivity index (χ1) is 16.9. The molecule has 0 saturated carbocycles. The zero-order valence-corrected chi connectivity index (χ0v) is 22.1. The lowest BCUT2D eigenvalue weighted by Gasteiger charge is -2.23. The molecule has 0 radical (unpaired) electrons. The molecule has 1 unspecified atom stereocenters. The van der Waals surface area contributed by atoms with Crippen LogP contribution in [0.4, 0.5) is 5.13 Å². The fraction of sp³-hybridized carbons (Fsp3) is 0.115. The fourth-order valence-corrected chi connectivity index (χ4v) is 5.66. The zero-order chi connectivity index (χ0) is 24.7. The van der Waals surface area contributed by atoms with E-state index in [1.54, 1.807) is 42.5 Å². The van der Waals surface area contributed by atoms with Crippen molar-refractivity contribution in [3.8, 4) is 5.75 Å². The Balaban J connectivity index is 1.71. The lowest BCUT2D eigenvalue weighted by molar-refractivity contribution is -0.132. The number of aliphatic hydroxyl groups is 1. The van der Waals surface area contributed by atoms with Crippen molar-refractivity contribution in [2.45, 2.75) is 13.0 Å². The number of Topliss-reactive ketones (excluding diaryl/α,β-unsaturated/α-hetero) is 1. The minimum Gasteiger partial charge on any atom is -0.507 e. The minimum atomic E-state index is -0.848. The number of thiazole rings is 1. The van der Waals surface area contributed by atoms with Gasteiger partial charge in [-0.2, -0.15) is 0 Å². The number of benzene rings is 3. The maximum absolute atomic E-state index is 13.4. The van der Waals surface area contributed by atoms with Gasteiger partial charge in [-0.25, -0.2) is 4.98 Å². The van der Waals surface area contributed by atoms with Crippen molar-refractivity contribution < 1.29 is 19.4 Å². The summed E-state index contributed by atoms with van der Waals surface area (Å²) in [7, 11) is 0. The van der Waals surface area contributed by atoms with E-state index < -0.39 is 17.7 Å². The highest BCUT2D eigenvalue weighted by atomic mass is 127. The highest BCUT2D eigenvalue weighted by Gasteiger charge is 2.48. The van der Waals surface area contributed by atoms with E-state index in [2.05, 4.69) is 27.6 Å². The van der Waals surface area contributed by atoms with E-state index in [0.29, 0.717) is 39.2 Å².